The maximum Gasteiger partial charge on any atom is 0.258 e. The molecule has 0 unspecified atom stereocenters. The van der Waals surface area contributed by atoms with Crippen molar-refractivity contribution in [2.45, 2.75) is 17.9 Å². The average Bonchev–Trinajstić information content (AvgIpc) is 3.44. The summed E-state index contributed by atoms with van der Waals surface area (Å²) in [7, 11) is -3.75. The summed E-state index contributed by atoms with van der Waals surface area (Å²) in [6, 6.07) is 17.4. The molecule has 0 radical (unpaired) electrons. The van der Waals surface area contributed by atoms with Crippen LogP contribution in [0.3, 0.4) is 0 Å². The summed E-state index contributed by atoms with van der Waals surface area (Å²) in [4.78, 5) is 14.7. The molecule has 0 saturated carbocycles. The van der Waals surface area contributed by atoms with Gasteiger partial charge < -0.3 is 4.90 Å². The Bertz CT molecular complexity index is 1440. The van der Waals surface area contributed by atoms with Crippen molar-refractivity contribution in [3.8, 4) is 0 Å². The van der Waals surface area contributed by atoms with Gasteiger partial charge in [-0.05, 0) is 60.0 Å². The zero-order chi connectivity index (χ0) is 22.3. The fraction of sp³-hybridized carbons (Fsp3) is 0.136. The van der Waals surface area contributed by atoms with Crippen molar-refractivity contribution < 1.29 is 13.2 Å². The van der Waals surface area contributed by atoms with Crippen LogP contribution in [0.25, 0.3) is 11.0 Å². The van der Waals surface area contributed by atoms with Gasteiger partial charge in [0.25, 0.3) is 5.91 Å². The summed E-state index contributed by atoms with van der Waals surface area (Å²) >= 11 is 6.90. The van der Waals surface area contributed by atoms with Crippen molar-refractivity contribution in [1.82, 2.24) is 13.5 Å². The number of carbonyl (C=O) groups excluding carboxylic acids is 1. The molecule has 32 heavy (non-hydrogen) atoms. The minimum absolute atomic E-state index is 0.0844. The first-order valence-electron chi connectivity index (χ1n) is 9.82. The highest BCUT2D eigenvalue weighted by Crippen LogP contribution is 2.30. The molecule has 0 aliphatic carbocycles. The number of rotatable bonds is 5. The van der Waals surface area contributed by atoms with E-state index in [-0.39, 0.29) is 17.3 Å². The average molecular weight is 485 g/mol. The first-order chi connectivity index (χ1) is 15.4. The first-order valence-corrected chi connectivity index (χ1v) is 12.4. The monoisotopic (exact) mass is 484 g/mol. The number of amides is 1. The van der Waals surface area contributed by atoms with Crippen LogP contribution in [-0.2, 0) is 23.0 Å². The Hall–Kier alpha value is -2.85. The van der Waals surface area contributed by atoms with Crippen LogP contribution in [0.4, 0.5) is 5.69 Å². The maximum atomic E-state index is 12.9. The molecule has 0 atom stereocenters. The molecule has 1 N–H and O–H groups in total. The van der Waals surface area contributed by atoms with E-state index >= 15 is 0 Å². The van der Waals surface area contributed by atoms with Gasteiger partial charge in [-0.1, -0.05) is 29.8 Å². The minimum Gasteiger partial charge on any atom is -0.308 e. The first kappa shape index (κ1) is 21.0. The second kappa shape index (κ2) is 8.25. The zero-order valence-corrected chi connectivity index (χ0v) is 19.0. The molecule has 162 valence electrons. The lowest BCUT2D eigenvalue weighted by Crippen LogP contribution is -2.28. The van der Waals surface area contributed by atoms with Gasteiger partial charge in [-0.2, -0.15) is 8.75 Å². The molecule has 1 aliphatic heterocycles. The van der Waals surface area contributed by atoms with Crippen molar-refractivity contribution in [1.29, 1.82) is 0 Å². The Morgan fingerprint density at radius 3 is 2.72 bits per heavy atom. The molecular weight excluding hydrogens is 468 g/mol. The summed E-state index contributed by atoms with van der Waals surface area (Å²) in [5.74, 6) is -0.0844. The summed E-state index contributed by atoms with van der Waals surface area (Å²) in [5.41, 5.74) is 4.17. The molecule has 10 heteroatoms. The third-order valence-electron chi connectivity index (χ3n) is 5.38. The Morgan fingerprint density at radius 1 is 1.09 bits per heavy atom. The van der Waals surface area contributed by atoms with Crippen LogP contribution in [0.15, 0.2) is 65.6 Å². The largest absolute Gasteiger partial charge is 0.308 e. The molecular formula is C22H17ClN4O3S2. The molecule has 1 aromatic heterocycles. The van der Waals surface area contributed by atoms with Crippen molar-refractivity contribution >= 4 is 56.0 Å². The minimum atomic E-state index is -3.75. The topological polar surface area (TPSA) is 92.3 Å². The number of hydrogen-bond acceptors (Lipinski definition) is 6. The SMILES string of the molecule is O=C(c1ccc(Cl)cc1)N1CCc2cc(CNS(=O)(=O)c3cccc4nsnc34)ccc21. The number of benzene rings is 3. The fourth-order valence-corrected chi connectivity index (χ4v) is 5.69. The second-order valence-electron chi connectivity index (χ2n) is 7.39. The van der Waals surface area contributed by atoms with Crippen LogP contribution in [0.5, 0.6) is 0 Å². The van der Waals surface area contributed by atoms with E-state index in [4.69, 9.17) is 11.6 Å². The standard InChI is InChI=1S/C22H17ClN4O3S2/c23-17-7-5-15(6-8-17)22(28)27-11-10-16-12-14(4-9-19(16)27)13-24-32(29,30)20-3-1-2-18-21(20)26-31-25-18/h1-9,12,24H,10-11,13H2. The van der Waals surface area contributed by atoms with Crippen LogP contribution in [0.1, 0.15) is 21.5 Å². The van der Waals surface area contributed by atoms with E-state index in [2.05, 4.69) is 13.5 Å². The van der Waals surface area contributed by atoms with Gasteiger partial charge in [0.2, 0.25) is 10.0 Å². The molecule has 0 spiro atoms. The van der Waals surface area contributed by atoms with Crippen molar-refractivity contribution in [3.05, 3.63) is 82.4 Å². The maximum absolute atomic E-state index is 12.9. The molecule has 5 rings (SSSR count). The van der Waals surface area contributed by atoms with Gasteiger partial charge in [0.05, 0.1) is 11.7 Å². The van der Waals surface area contributed by atoms with E-state index in [9.17, 15) is 13.2 Å². The van der Waals surface area contributed by atoms with Crippen LogP contribution >= 0.6 is 23.3 Å². The predicted octanol–water partition coefficient (Wildman–Crippen LogP) is 4.03. The molecule has 1 amide bonds. The van der Waals surface area contributed by atoms with Gasteiger partial charge in [-0.25, -0.2) is 13.1 Å². The van der Waals surface area contributed by atoms with Gasteiger partial charge in [-0.3, -0.25) is 4.79 Å². The number of nitrogens with one attached hydrogen (secondary N) is 1. The number of fused-ring (bicyclic) bond motifs is 2. The third-order valence-corrected chi connectivity index (χ3v) is 7.61. The predicted molar refractivity (Wildman–Crippen MR) is 125 cm³/mol. The molecule has 2 heterocycles. The number of sulfonamides is 1. The van der Waals surface area contributed by atoms with Crippen molar-refractivity contribution in [3.63, 3.8) is 0 Å². The molecule has 0 bridgehead atoms. The number of aromatic nitrogens is 2. The van der Waals surface area contributed by atoms with Crippen molar-refractivity contribution in [2.75, 3.05) is 11.4 Å². The molecule has 7 nitrogen and oxygen atoms in total. The summed E-state index contributed by atoms with van der Waals surface area (Å²) in [5, 5.41) is 0.581. The van der Waals surface area contributed by atoms with Crippen molar-refractivity contribution in [2.24, 2.45) is 0 Å². The number of carbonyl (C=O) groups is 1. The Morgan fingerprint density at radius 2 is 1.91 bits per heavy atom. The second-order valence-corrected chi connectivity index (χ2v) is 10.1. The summed E-state index contributed by atoms with van der Waals surface area (Å²) in [6.07, 6.45) is 0.707. The highest BCUT2D eigenvalue weighted by molar-refractivity contribution is 7.89. The number of nitrogens with zero attached hydrogens (tertiary/aromatic N) is 3. The van der Waals surface area contributed by atoms with Crippen LogP contribution in [0.2, 0.25) is 5.02 Å². The molecule has 3 aromatic carbocycles. The van der Waals surface area contributed by atoms with E-state index in [0.29, 0.717) is 34.6 Å². The van der Waals surface area contributed by atoms with Gasteiger partial charge in [0, 0.05) is 29.4 Å². The molecule has 4 aromatic rings. The number of anilines is 1. The fourth-order valence-electron chi connectivity index (χ4n) is 3.78. The lowest BCUT2D eigenvalue weighted by Gasteiger charge is -2.18. The van der Waals surface area contributed by atoms with E-state index in [1.165, 1.54) is 6.07 Å². The highest BCUT2D eigenvalue weighted by atomic mass is 35.5. The Kier molecular flexibility index (Phi) is 5.42. The summed E-state index contributed by atoms with van der Waals surface area (Å²) < 4.78 is 36.5. The Balaban J connectivity index is 1.33. The van der Waals surface area contributed by atoms with Crippen LogP contribution < -0.4 is 9.62 Å². The van der Waals surface area contributed by atoms with E-state index in [1.807, 2.05) is 18.2 Å². The quantitative estimate of drug-likeness (QED) is 0.461. The van der Waals surface area contributed by atoms with Crippen LogP contribution in [0, 0.1) is 0 Å². The lowest BCUT2D eigenvalue weighted by molar-refractivity contribution is 0.0989. The number of hydrogen-bond donors (Lipinski definition) is 1. The molecule has 0 fully saturated rings. The van der Waals surface area contributed by atoms with Gasteiger partial charge >= 0.3 is 0 Å². The molecule has 0 saturated heterocycles. The Labute approximate surface area is 194 Å². The number of halogens is 1. The lowest BCUT2D eigenvalue weighted by atomic mass is 10.1. The smallest absolute Gasteiger partial charge is 0.258 e. The summed E-state index contributed by atoms with van der Waals surface area (Å²) in [6.45, 7) is 0.708. The van der Waals surface area contributed by atoms with E-state index in [1.54, 1.807) is 41.3 Å². The van der Waals surface area contributed by atoms with Crippen LogP contribution in [-0.4, -0.2) is 29.6 Å². The van der Waals surface area contributed by atoms with Gasteiger partial charge in [0.15, 0.2) is 0 Å². The molecule has 1 aliphatic rings. The third kappa shape index (κ3) is 3.88. The van der Waals surface area contributed by atoms with Gasteiger partial charge in [0.1, 0.15) is 15.9 Å². The highest BCUT2D eigenvalue weighted by Gasteiger charge is 2.26. The normalized spacial score (nSPS) is 13.5. The van der Waals surface area contributed by atoms with E-state index < -0.39 is 10.0 Å². The van der Waals surface area contributed by atoms with E-state index in [0.717, 1.165) is 28.5 Å². The van der Waals surface area contributed by atoms with Gasteiger partial charge in [-0.15, -0.1) is 0 Å². The zero-order valence-electron chi connectivity index (χ0n) is 16.7.